The molecule has 0 radical (unpaired) electrons. The molecule has 1 aromatic rings. The number of rotatable bonds is 3. The standard InChI is InChI=1S/C10H14N2O/c1-3-11-9-4-6-10(7-5-9)12-8(2)13/h4-7,11H,3H2,1-2H3,(H,12,13). The Morgan fingerprint density at radius 2 is 1.77 bits per heavy atom. The third-order valence-electron chi connectivity index (χ3n) is 1.59. The van der Waals surface area contributed by atoms with Crippen LogP contribution in [0.1, 0.15) is 13.8 Å². The van der Waals surface area contributed by atoms with Gasteiger partial charge in [0, 0.05) is 24.8 Å². The van der Waals surface area contributed by atoms with Crippen molar-refractivity contribution in [1.82, 2.24) is 0 Å². The van der Waals surface area contributed by atoms with Gasteiger partial charge in [-0.05, 0) is 31.2 Å². The topological polar surface area (TPSA) is 41.1 Å². The van der Waals surface area contributed by atoms with Gasteiger partial charge in [0.15, 0.2) is 0 Å². The summed E-state index contributed by atoms with van der Waals surface area (Å²) in [6.45, 7) is 4.44. The summed E-state index contributed by atoms with van der Waals surface area (Å²) in [5.74, 6) is -0.0452. The van der Waals surface area contributed by atoms with Crippen molar-refractivity contribution in [2.75, 3.05) is 17.2 Å². The molecule has 0 aliphatic heterocycles. The lowest BCUT2D eigenvalue weighted by Gasteiger charge is -2.05. The Morgan fingerprint density at radius 3 is 2.23 bits per heavy atom. The smallest absolute Gasteiger partial charge is 0.221 e. The van der Waals surface area contributed by atoms with Crippen LogP contribution < -0.4 is 10.6 Å². The second-order valence-corrected chi connectivity index (χ2v) is 2.79. The Labute approximate surface area is 78.2 Å². The van der Waals surface area contributed by atoms with Crippen molar-refractivity contribution in [3.63, 3.8) is 0 Å². The Hall–Kier alpha value is -1.51. The van der Waals surface area contributed by atoms with Crippen molar-refractivity contribution in [2.45, 2.75) is 13.8 Å². The molecule has 0 spiro atoms. The van der Waals surface area contributed by atoms with Crippen LogP contribution in [0.15, 0.2) is 24.3 Å². The monoisotopic (exact) mass is 178 g/mol. The SMILES string of the molecule is CCNc1ccc(NC(C)=O)cc1. The highest BCUT2D eigenvalue weighted by atomic mass is 16.1. The normalized spacial score (nSPS) is 9.38. The van der Waals surface area contributed by atoms with E-state index in [1.807, 2.05) is 31.2 Å². The van der Waals surface area contributed by atoms with Gasteiger partial charge in [-0.1, -0.05) is 0 Å². The quantitative estimate of drug-likeness (QED) is 0.744. The summed E-state index contributed by atoms with van der Waals surface area (Å²) in [4.78, 5) is 10.7. The first-order valence-electron chi connectivity index (χ1n) is 4.34. The molecule has 0 aliphatic rings. The number of hydrogen-bond acceptors (Lipinski definition) is 2. The summed E-state index contributed by atoms with van der Waals surface area (Å²) in [7, 11) is 0. The van der Waals surface area contributed by atoms with Crippen molar-refractivity contribution in [2.24, 2.45) is 0 Å². The van der Waals surface area contributed by atoms with E-state index >= 15 is 0 Å². The summed E-state index contributed by atoms with van der Waals surface area (Å²) in [5, 5.41) is 5.88. The molecule has 3 nitrogen and oxygen atoms in total. The Morgan fingerprint density at radius 1 is 1.23 bits per heavy atom. The largest absolute Gasteiger partial charge is 0.385 e. The Balaban J connectivity index is 2.64. The van der Waals surface area contributed by atoms with E-state index in [1.165, 1.54) is 6.92 Å². The summed E-state index contributed by atoms with van der Waals surface area (Å²) >= 11 is 0. The van der Waals surface area contributed by atoms with Crippen LogP contribution >= 0.6 is 0 Å². The van der Waals surface area contributed by atoms with E-state index in [0.29, 0.717) is 0 Å². The van der Waals surface area contributed by atoms with E-state index in [1.54, 1.807) is 0 Å². The average molecular weight is 178 g/mol. The maximum absolute atomic E-state index is 10.7. The number of hydrogen-bond donors (Lipinski definition) is 2. The maximum Gasteiger partial charge on any atom is 0.221 e. The van der Waals surface area contributed by atoms with Gasteiger partial charge in [-0.2, -0.15) is 0 Å². The highest BCUT2D eigenvalue weighted by molar-refractivity contribution is 5.88. The van der Waals surface area contributed by atoms with Crippen LogP contribution in [-0.2, 0) is 4.79 Å². The number of carbonyl (C=O) groups excluding carboxylic acids is 1. The van der Waals surface area contributed by atoms with E-state index in [0.717, 1.165) is 17.9 Å². The fourth-order valence-electron chi connectivity index (χ4n) is 1.08. The van der Waals surface area contributed by atoms with Crippen LogP contribution in [0.3, 0.4) is 0 Å². The van der Waals surface area contributed by atoms with Crippen molar-refractivity contribution in [1.29, 1.82) is 0 Å². The van der Waals surface area contributed by atoms with Crippen molar-refractivity contribution in [3.8, 4) is 0 Å². The van der Waals surface area contributed by atoms with Gasteiger partial charge < -0.3 is 10.6 Å². The molecule has 0 unspecified atom stereocenters. The zero-order valence-electron chi connectivity index (χ0n) is 7.92. The molecular weight excluding hydrogens is 164 g/mol. The Bertz CT molecular complexity index is 279. The van der Waals surface area contributed by atoms with Crippen molar-refractivity contribution >= 4 is 17.3 Å². The number of nitrogens with one attached hydrogen (secondary N) is 2. The molecule has 0 atom stereocenters. The second-order valence-electron chi connectivity index (χ2n) is 2.79. The van der Waals surface area contributed by atoms with Crippen LogP contribution in [0.25, 0.3) is 0 Å². The van der Waals surface area contributed by atoms with Crippen LogP contribution in [0.5, 0.6) is 0 Å². The van der Waals surface area contributed by atoms with Gasteiger partial charge in [-0.3, -0.25) is 4.79 Å². The first-order valence-corrected chi connectivity index (χ1v) is 4.34. The van der Waals surface area contributed by atoms with E-state index in [-0.39, 0.29) is 5.91 Å². The van der Waals surface area contributed by atoms with Gasteiger partial charge in [-0.25, -0.2) is 0 Å². The van der Waals surface area contributed by atoms with Crippen molar-refractivity contribution < 1.29 is 4.79 Å². The maximum atomic E-state index is 10.7. The first kappa shape index (κ1) is 9.58. The number of carbonyl (C=O) groups is 1. The van der Waals surface area contributed by atoms with Gasteiger partial charge in [-0.15, -0.1) is 0 Å². The molecule has 70 valence electrons. The zero-order chi connectivity index (χ0) is 9.68. The average Bonchev–Trinajstić information content (AvgIpc) is 2.08. The molecule has 1 rings (SSSR count). The fraction of sp³-hybridized carbons (Fsp3) is 0.300. The first-order chi connectivity index (χ1) is 6.22. The lowest BCUT2D eigenvalue weighted by molar-refractivity contribution is -0.114. The minimum Gasteiger partial charge on any atom is -0.385 e. The van der Waals surface area contributed by atoms with Crippen molar-refractivity contribution in [3.05, 3.63) is 24.3 Å². The van der Waals surface area contributed by atoms with E-state index < -0.39 is 0 Å². The molecule has 0 bridgehead atoms. The molecule has 0 fully saturated rings. The third-order valence-corrected chi connectivity index (χ3v) is 1.59. The minimum atomic E-state index is -0.0452. The number of benzene rings is 1. The van der Waals surface area contributed by atoms with E-state index in [4.69, 9.17) is 0 Å². The lowest BCUT2D eigenvalue weighted by atomic mass is 10.3. The number of amides is 1. The fourth-order valence-corrected chi connectivity index (χ4v) is 1.08. The molecule has 13 heavy (non-hydrogen) atoms. The highest BCUT2D eigenvalue weighted by Crippen LogP contribution is 2.12. The molecule has 3 heteroatoms. The molecule has 0 saturated heterocycles. The van der Waals surface area contributed by atoms with Crippen LogP contribution in [-0.4, -0.2) is 12.5 Å². The van der Waals surface area contributed by atoms with Gasteiger partial charge in [0.1, 0.15) is 0 Å². The number of anilines is 2. The van der Waals surface area contributed by atoms with E-state index in [2.05, 4.69) is 10.6 Å². The molecular formula is C10H14N2O. The molecule has 0 saturated carbocycles. The molecule has 0 heterocycles. The summed E-state index contributed by atoms with van der Waals surface area (Å²) in [6.07, 6.45) is 0. The minimum absolute atomic E-state index is 0.0452. The molecule has 0 aliphatic carbocycles. The summed E-state index contributed by atoms with van der Waals surface area (Å²) < 4.78 is 0. The van der Waals surface area contributed by atoms with Gasteiger partial charge >= 0.3 is 0 Å². The van der Waals surface area contributed by atoms with Gasteiger partial charge in [0.05, 0.1) is 0 Å². The van der Waals surface area contributed by atoms with Crippen LogP contribution in [0.2, 0.25) is 0 Å². The predicted molar refractivity (Wildman–Crippen MR) is 54.9 cm³/mol. The van der Waals surface area contributed by atoms with Gasteiger partial charge in [0.2, 0.25) is 5.91 Å². The second kappa shape index (κ2) is 4.50. The van der Waals surface area contributed by atoms with E-state index in [9.17, 15) is 4.79 Å². The van der Waals surface area contributed by atoms with Crippen LogP contribution in [0.4, 0.5) is 11.4 Å². The zero-order valence-corrected chi connectivity index (χ0v) is 7.92. The molecule has 1 aromatic carbocycles. The lowest BCUT2D eigenvalue weighted by Crippen LogP contribution is -2.05. The molecule has 2 N–H and O–H groups in total. The summed E-state index contributed by atoms with van der Waals surface area (Å²) in [5.41, 5.74) is 1.89. The molecule has 0 aromatic heterocycles. The molecule has 1 amide bonds. The Kier molecular flexibility index (Phi) is 3.31. The highest BCUT2D eigenvalue weighted by Gasteiger charge is 1.94. The third kappa shape index (κ3) is 3.15. The predicted octanol–water partition coefficient (Wildman–Crippen LogP) is 2.08. The van der Waals surface area contributed by atoms with Gasteiger partial charge in [0.25, 0.3) is 0 Å². The van der Waals surface area contributed by atoms with Crippen LogP contribution in [0, 0.1) is 0 Å². The summed E-state index contributed by atoms with van der Waals surface area (Å²) in [6, 6.07) is 7.63.